The van der Waals surface area contributed by atoms with Crippen LogP contribution < -0.4 is 5.32 Å². The van der Waals surface area contributed by atoms with Gasteiger partial charge in [0, 0.05) is 18.7 Å². The lowest BCUT2D eigenvalue weighted by Gasteiger charge is -2.18. The lowest BCUT2D eigenvalue weighted by Crippen LogP contribution is -2.30. The molecule has 0 spiro atoms. The molecule has 2 aromatic rings. The molecule has 0 saturated carbocycles. The second kappa shape index (κ2) is 10.8. The first-order valence-electron chi connectivity index (χ1n) is 10.3. The second-order valence-electron chi connectivity index (χ2n) is 7.77. The van der Waals surface area contributed by atoms with Gasteiger partial charge in [-0.15, -0.1) is 0 Å². The Morgan fingerprint density at radius 3 is 2.48 bits per heavy atom. The van der Waals surface area contributed by atoms with E-state index >= 15 is 0 Å². The summed E-state index contributed by atoms with van der Waals surface area (Å²) in [5.74, 6) is 0.112. The molecule has 0 aliphatic heterocycles. The van der Waals surface area contributed by atoms with Gasteiger partial charge < -0.3 is 10.1 Å². The van der Waals surface area contributed by atoms with Crippen LogP contribution in [0.5, 0.6) is 0 Å². The maximum Gasteiger partial charge on any atom is 0.308 e. The summed E-state index contributed by atoms with van der Waals surface area (Å²) in [6, 6.07) is 9.13. The maximum absolute atomic E-state index is 12.7. The van der Waals surface area contributed by atoms with Crippen molar-refractivity contribution in [1.29, 1.82) is 0 Å². The molecule has 1 aromatic carbocycles. The normalized spacial score (nSPS) is 12.1. The number of nitrogens with one attached hydrogen (secondary N) is 1. The van der Waals surface area contributed by atoms with E-state index in [0.717, 1.165) is 29.1 Å². The Morgan fingerprint density at radius 2 is 1.86 bits per heavy atom. The summed E-state index contributed by atoms with van der Waals surface area (Å²) < 4.78 is 7.10. The smallest absolute Gasteiger partial charge is 0.308 e. The number of hydrogen-bond acceptors (Lipinski definition) is 4. The highest BCUT2D eigenvalue weighted by atomic mass is 16.5. The Labute approximate surface area is 173 Å². The summed E-state index contributed by atoms with van der Waals surface area (Å²) in [4.78, 5) is 24.6. The van der Waals surface area contributed by atoms with Gasteiger partial charge in [0.15, 0.2) is 0 Å². The van der Waals surface area contributed by atoms with Crippen LogP contribution in [0.1, 0.15) is 62.2 Å². The van der Waals surface area contributed by atoms with Gasteiger partial charge in [0.2, 0.25) is 5.91 Å². The molecule has 1 unspecified atom stereocenters. The first kappa shape index (κ1) is 22.7. The van der Waals surface area contributed by atoms with Crippen molar-refractivity contribution in [2.75, 3.05) is 6.61 Å². The molecule has 6 heteroatoms. The van der Waals surface area contributed by atoms with Crippen LogP contribution in [0.2, 0.25) is 0 Å². The van der Waals surface area contributed by atoms with Crippen molar-refractivity contribution in [1.82, 2.24) is 15.1 Å². The summed E-state index contributed by atoms with van der Waals surface area (Å²) in [7, 11) is 0. The molecule has 0 bridgehead atoms. The number of nitrogens with zero attached hydrogens (tertiary/aromatic N) is 2. The molecular weight excluding hydrogens is 366 g/mol. The Morgan fingerprint density at radius 1 is 1.17 bits per heavy atom. The molecule has 0 fully saturated rings. The summed E-state index contributed by atoms with van der Waals surface area (Å²) in [6.45, 7) is 11.3. The van der Waals surface area contributed by atoms with E-state index in [0.29, 0.717) is 25.4 Å². The lowest BCUT2D eigenvalue weighted by molar-refractivity contribution is -0.143. The number of benzene rings is 1. The first-order valence-corrected chi connectivity index (χ1v) is 10.3. The molecule has 0 radical (unpaired) electrons. The van der Waals surface area contributed by atoms with Crippen molar-refractivity contribution >= 4 is 11.9 Å². The van der Waals surface area contributed by atoms with E-state index in [-0.39, 0.29) is 18.3 Å². The number of carbonyl (C=O) groups excluding carboxylic acids is 2. The van der Waals surface area contributed by atoms with Gasteiger partial charge in [-0.2, -0.15) is 5.10 Å². The summed E-state index contributed by atoms with van der Waals surface area (Å²) in [5.41, 5.74) is 4.12. The van der Waals surface area contributed by atoms with Crippen molar-refractivity contribution in [2.45, 2.75) is 66.5 Å². The van der Waals surface area contributed by atoms with E-state index in [9.17, 15) is 9.59 Å². The third-order valence-corrected chi connectivity index (χ3v) is 4.88. The molecule has 0 saturated heterocycles. The number of aromatic nitrogens is 2. The summed E-state index contributed by atoms with van der Waals surface area (Å²) in [5, 5.41) is 7.62. The molecule has 1 aromatic heterocycles. The number of amides is 1. The summed E-state index contributed by atoms with van der Waals surface area (Å²) in [6.07, 6.45) is 1.09. The third-order valence-electron chi connectivity index (χ3n) is 4.88. The van der Waals surface area contributed by atoms with Crippen LogP contribution in [0.4, 0.5) is 0 Å². The Kier molecular flexibility index (Phi) is 8.43. The number of ether oxygens (including phenoxy) is 1. The van der Waals surface area contributed by atoms with Gasteiger partial charge >= 0.3 is 5.97 Å². The maximum atomic E-state index is 12.7. The molecule has 158 valence electrons. The molecular formula is C23H33N3O3. The zero-order valence-electron chi connectivity index (χ0n) is 18.2. The predicted octanol–water partition coefficient (Wildman–Crippen LogP) is 3.90. The van der Waals surface area contributed by atoms with Crippen molar-refractivity contribution in [2.24, 2.45) is 5.92 Å². The number of rotatable bonds is 10. The van der Waals surface area contributed by atoms with E-state index in [1.54, 1.807) is 6.92 Å². The zero-order chi connectivity index (χ0) is 21.4. The van der Waals surface area contributed by atoms with Gasteiger partial charge in [0.05, 0.1) is 24.8 Å². The van der Waals surface area contributed by atoms with Gasteiger partial charge in [0.25, 0.3) is 0 Å². The van der Waals surface area contributed by atoms with E-state index < -0.39 is 6.04 Å². The van der Waals surface area contributed by atoms with Gasteiger partial charge in [-0.1, -0.05) is 44.2 Å². The molecule has 1 N–H and O–H groups in total. The average molecular weight is 400 g/mol. The van der Waals surface area contributed by atoms with E-state index in [1.807, 2.05) is 41.9 Å². The van der Waals surface area contributed by atoms with Crippen LogP contribution in [0.3, 0.4) is 0 Å². The average Bonchev–Trinajstić information content (AvgIpc) is 2.93. The van der Waals surface area contributed by atoms with Gasteiger partial charge in [-0.25, -0.2) is 0 Å². The van der Waals surface area contributed by atoms with Crippen molar-refractivity contribution in [3.63, 3.8) is 0 Å². The number of hydrogen-bond donors (Lipinski definition) is 1. The molecule has 29 heavy (non-hydrogen) atoms. The van der Waals surface area contributed by atoms with Crippen molar-refractivity contribution in [3.8, 4) is 0 Å². The number of carbonyl (C=O) groups is 2. The topological polar surface area (TPSA) is 73.2 Å². The van der Waals surface area contributed by atoms with Crippen LogP contribution in [0, 0.1) is 19.8 Å². The Bertz CT molecular complexity index is 812. The monoisotopic (exact) mass is 399 g/mol. The predicted molar refractivity (Wildman–Crippen MR) is 113 cm³/mol. The molecule has 1 heterocycles. The van der Waals surface area contributed by atoms with Crippen LogP contribution in [-0.4, -0.2) is 28.3 Å². The molecule has 1 atom stereocenters. The fourth-order valence-corrected chi connectivity index (χ4v) is 3.45. The van der Waals surface area contributed by atoms with E-state index in [1.165, 1.54) is 0 Å². The Balaban J connectivity index is 2.03. The van der Waals surface area contributed by atoms with Crippen LogP contribution in [0.25, 0.3) is 0 Å². The minimum Gasteiger partial charge on any atom is -0.466 e. The quantitative estimate of drug-likeness (QED) is 0.615. The van der Waals surface area contributed by atoms with Crippen molar-refractivity contribution < 1.29 is 14.3 Å². The zero-order valence-corrected chi connectivity index (χ0v) is 18.2. The highest BCUT2D eigenvalue weighted by Gasteiger charge is 2.20. The fourth-order valence-electron chi connectivity index (χ4n) is 3.45. The minimum atomic E-state index is -0.395. The van der Waals surface area contributed by atoms with Crippen molar-refractivity contribution in [3.05, 3.63) is 52.8 Å². The van der Waals surface area contributed by atoms with Crippen LogP contribution >= 0.6 is 0 Å². The fraction of sp³-hybridized carbons (Fsp3) is 0.522. The SMILES string of the molecule is CCOC(=O)CC(NC(=O)CCc1c(C)nn(CC(C)C)c1C)c1ccccc1. The minimum absolute atomic E-state index is 0.0847. The lowest BCUT2D eigenvalue weighted by atomic mass is 10.0. The molecule has 1 amide bonds. The third kappa shape index (κ3) is 6.73. The summed E-state index contributed by atoms with van der Waals surface area (Å²) >= 11 is 0. The van der Waals surface area contributed by atoms with Gasteiger partial charge in [-0.3, -0.25) is 14.3 Å². The number of aryl methyl sites for hydroxylation is 1. The van der Waals surface area contributed by atoms with Crippen LogP contribution in [0.15, 0.2) is 30.3 Å². The highest BCUT2D eigenvalue weighted by molar-refractivity contribution is 5.78. The Hall–Kier alpha value is -2.63. The van der Waals surface area contributed by atoms with Gasteiger partial charge in [-0.05, 0) is 44.2 Å². The van der Waals surface area contributed by atoms with E-state index in [2.05, 4.69) is 31.2 Å². The van der Waals surface area contributed by atoms with E-state index in [4.69, 9.17) is 4.74 Å². The standard InChI is InChI=1S/C23H33N3O3/c1-6-29-23(28)14-21(19-10-8-7-9-11-19)24-22(27)13-12-20-17(4)25-26(18(20)5)15-16(2)3/h7-11,16,21H,6,12-15H2,1-5H3,(H,24,27). The first-order chi connectivity index (χ1) is 13.8. The number of esters is 1. The molecule has 0 aliphatic carbocycles. The highest BCUT2D eigenvalue weighted by Crippen LogP contribution is 2.19. The molecule has 0 aliphatic rings. The van der Waals surface area contributed by atoms with Gasteiger partial charge in [0.1, 0.15) is 0 Å². The molecule has 2 rings (SSSR count). The second-order valence-corrected chi connectivity index (χ2v) is 7.77. The molecule has 6 nitrogen and oxygen atoms in total. The largest absolute Gasteiger partial charge is 0.466 e. The van der Waals surface area contributed by atoms with Crippen LogP contribution in [-0.2, 0) is 27.3 Å².